The van der Waals surface area contributed by atoms with Gasteiger partial charge >= 0.3 is 11.9 Å². The van der Waals surface area contributed by atoms with Crippen LogP contribution >= 0.6 is 0 Å². The zero-order valence-corrected chi connectivity index (χ0v) is 19.3. The van der Waals surface area contributed by atoms with Crippen LogP contribution in [0.25, 0.3) is 21.5 Å². The summed E-state index contributed by atoms with van der Waals surface area (Å²) < 4.78 is 0. The molecule has 4 aromatic rings. The number of nitriles is 2. The highest BCUT2D eigenvalue weighted by atomic mass is 16.4. The Bertz CT molecular complexity index is 1690. The molecule has 0 atom stereocenters. The van der Waals surface area contributed by atoms with Crippen LogP contribution in [-0.2, 0) is 0 Å². The Hall–Kier alpha value is -6.00. The summed E-state index contributed by atoms with van der Waals surface area (Å²) in [5, 5.41) is 61.2. The lowest BCUT2D eigenvalue weighted by atomic mass is 10.00. The number of phenols is 2. The van der Waals surface area contributed by atoms with Gasteiger partial charge in [0.2, 0.25) is 0 Å². The largest absolute Gasteiger partial charge is 0.506 e. The fourth-order valence-corrected chi connectivity index (χ4v) is 3.86. The zero-order valence-electron chi connectivity index (χ0n) is 19.3. The van der Waals surface area contributed by atoms with Gasteiger partial charge in [-0.05, 0) is 33.7 Å². The first-order valence-corrected chi connectivity index (χ1v) is 10.9. The molecule has 0 radical (unpaired) electrons. The van der Waals surface area contributed by atoms with Crippen molar-refractivity contribution in [2.24, 2.45) is 9.98 Å². The van der Waals surface area contributed by atoms with Crippen LogP contribution in [0.1, 0.15) is 31.8 Å². The SMILES string of the molecule is N#C/C(N=Cc1c(O)c(C(=O)O)cc2ccccc12)=C(\C#N)N=Cc1c(O)c(C(=O)O)cc2ccccc12. The molecule has 10 heteroatoms. The molecule has 4 rings (SSSR count). The number of carboxylic acid groups (broad SMARTS) is 2. The van der Waals surface area contributed by atoms with Crippen LogP contribution in [-0.4, -0.2) is 44.8 Å². The number of carbonyl (C=O) groups is 2. The van der Waals surface area contributed by atoms with Gasteiger partial charge in [0.15, 0.2) is 11.4 Å². The Kier molecular flexibility index (Phi) is 6.82. The van der Waals surface area contributed by atoms with Crippen LogP contribution in [0.4, 0.5) is 0 Å². The minimum absolute atomic E-state index is 0.0207. The summed E-state index contributed by atoms with van der Waals surface area (Å²) in [5.41, 5.74) is -1.63. The minimum atomic E-state index is -1.36. The number of hydrogen-bond acceptors (Lipinski definition) is 8. The van der Waals surface area contributed by atoms with Crippen molar-refractivity contribution < 1.29 is 30.0 Å². The molecule has 0 spiro atoms. The Morgan fingerprint density at radius 2 is 1.05 bits per heavy atom. The number of nitrogens with zero attached hydrogens (tertiary/aromatic N) is 4. The number of aromatic hydroxyl groups is 2. The molecule has 0 saturated heterocycles. The molecular formula is C28H16N4O6. The van der Waals surface area contributed by atoms with Crippen LogP contribution < -0.4 is 0 Å². The standard InChI is InChI=1S/C28H16N4O6/c29-11-23(31-13-21-17-7-3-1-5-15(17)9-19(25(21)33)27(35)36)24(12-30)32-14-22-18-8-4-2-6-16(18)10-20(26(22)34)28(37)38/h1-10,13-14,33-34H,(H,35,36)(H,37,38)/b24-23-,31-13?,32-14?. The quantitative estimate of drug-likeness (QED) is 0.216. The predicted molar refractivity (Wildman–Crippen MR) is 139 cm³/mol. The lowest BCUT2D eigenvalue weighted by Gasteiger charge is -2.09. The lowest BCUT2D eigenvalue weighted by Crippen LogP contribution is -2.00. The average molecular weight is 504 g/mol. The molecule has 0 aliphatic heterocycles. The molecule has 0 bridgehead atoms. The van der Waals surface area contributed by atoms with E-state index in [4.69, 9.17) is 0 Å². The number of hydrogen-bond donors (Lipinski definition) is 4. The summed E-state index contributed by atoms with van der Waals surface area (Å²) in [6, 6.07) is 19.4. The second-order valence-corrected chi connectivity index (χ2v) is 7.86. The molecular weight excluding hydrogens is 488 g/mol. The number of fused-ring (bicyclic) bond motifs is 2. The van der Waals surface area contributed by atoms with Crippen molar-refractivity contribution in [2.75, 3.05) is 0 Å². The summed E-state index contributed by atoms with van der Waals surface area (Å²) >= 11 is 0. The number of aromatic carboxylic acids is 2. The second-order valence-electron chi connectivity index (χ2n) is 7.86. The average Bonchev–Trinajstić information content (AvgIpc) is 2.91. The van der Waals surface area contributed by atoms with Crippen molar-refractivity contribution in [1.82, 2.24) is 0 Å². The molecule has 4 N–H and O–H groups in total. The van der Waals surface area contributed by atoms with Gasteiger partial charge in [0, 0.05) is 23.6 Å². The van der Waals surface area contributed by atoms with Crippen LogP contribution in [0.3, 0.4) is 0 Å². The fraction of sp³-hybridized carbons (Fsp3) is 0. The maximum Gasteiger partial charge on any atom is 0.339 e. The van der Waals surface area contributed by atoms with E-state index in [1.807, 2.05) is 0 Å². The predicted octanol–water partition coefficient (Wildman–Crippen LogP) is 4.60. The topological polar surface area (TPSA) is 187 Å². The molecule has 0 aromatic heterocycles. The van der Waals surface area contributed by atoms with Crippen LogP contribution in [0, 0.1) is 22.7 Å². The van der Waals surface area contributed by atoms with Crippen molar-refractivity contribution in [3.8, 4) is 23.6 Å². The number of allylic oxidation sites excluding steroid dienone is 2. The molecule has 38 heavy (non-hydrogen) atoms. The molecule has 0 amide bonds. The van der Waals surface area contributed by atoms with Gasteiger partial charge in [-0.1, -0.05) is 48.5 Å². The molecule has 184 valence electrons. The highest BCUT2D eigenvalue weighted by Gasteiger charge is 2.18. The van der Waals surface area contributed by atoms with Gasteiger partial charge in [-0.2, -0.15) is 10.5 Å². The number of aliphatic imine (C=N–C) groups is 2. The highest BCUT2D eigenvalue weighted by molar-refractivity contribution is 6.09. The summed E-state index contributed by atoms with van der Waals surface area (Å²) in [4.78, 5) is 31.1. The minimum Gasteiger partial charge on any atom is -0.506 e. The fourth-order valence-electron chi connectivity index (χ4n) is 3.86. The van der Waals surface area contributed by atoms with E-state index in [0.717, 1.165) is 12.4 Å². The van der Waals surface area contributed by atoms with Gasteiger partial charge < -0.3 is 20.4 Å². The van der Waals surface area contributed by atoms with Gasteiger partial charge in [0.25, 0.3) is 0 Å². The molecule has 0 fully saturated rings. The molecule has 0 aliphatic rings. The van der Waals surface area contributed by atoms with Crippen molar-refractivity contribution in [3.05, 3.63) is 94.3 Å². The van der Waals surface area contributed by atoms with Gasteiger partial charge in [-0.15, -0.1) is 0 Å². The van der Waals surface area contributed by atoms with Crippen molar-refractivity contribution in [3.63, 3.8) is 0 Å². The van der Waals surface area contributed by atoms with Crippen LogP contribution in [0.15, 0.2) is 82.0 Å². The Balaban J connectivity index is 1.85. The zero-order chi connectivity index (χ0) is 27.4. The molecule has 0 saturated carbocycles. The molecule has 0 aliphatic carbocycles. The summed E-state index contributed by atoms with van der Waals surface area (Å²) in [5.74, 6) is -3.86. The van der Waals surface area contributed by atoms with Crippen LogP contribution in [0.5, 0.6) is 11.5 Å². The maximum atomic E-state index is 11.6. The number of carboxylic acids is 2. The van der Waals surface area contributed by atoms with E-state index < -0.39 is 34.8 Å². The monoisotopic (exact) mass is 504 g/mol. The first-order chi connectivity index (χ1) is 18.3. The Morgan fingerprint density at radius 1 is 0.684 bits per heavy atom. The molecule has 0 heterocycles. The summed E-state index contributed by atoms with van der Waals surface area (Å²) in [6.07, 6.45) is 2.13. The third kappa shape index (κ3) is 4.61. The van der Waals surface area contributed by atoms with Gasteiger partial charge in [-0.25, -0.2) is 19.6 Å². The van der Waals surface area contributed by atoms with Gasteiger partial charge in [0.1, 0.15) is 34.8 Å². The Morgan fingerprint density at radius 3 is 1.39 bits per heavy atom. The van der Waals surface area contributed by atoms with Crippen LogP contribution in [0.2, 0.25) is 0 Å². The normalized spacial score (nSPS) is 11.9. The smallest absolute Gasteiger partial charge is 0.339 e. The van der Waals surface area contributed by atoms with E-state index in [1.54, 1.807) is 60.7 Å². The van der Waals surface area contributed by atoms with E-state index in [1.165, 1.54) is 12.1 Å². The number of rotatable bonds is 6. The first kappa shape index (κ1) is 25.1. The van der Waals surface area contributed by atoms with E-state index in [0.29, 0.717) is 21.5 Å². The third-order valence-corrected chi connectivity index (χ3v) is 5.66. The maximum absolute atomic E-state index is 11.6. The highest BCUT2D eigenvalue weighted by Crippen LogP contribution is 2.32. The number of benzene rings is 4. The van der Waals surface area contributed by atoms with Gasteiger partial charge in [0.05, 0.1) is 0 Å². The van der Waals surface area contributed by atoms with E-state index >= 15 is 0 Å². The van der Waals surface area contributed by atoms with Crippen molar-refractivity contribution in [1.29, 1.82) is 10.5 Å². The van der Waals surface area contributed by atoms with Crippen molar-refractivity contribution >= 4 is 45.9 Å². The van der Waals surface area contributed by atoms with Crippen molar-refractivity contribution in [2.45, 2.75) is 0 Å². The van der Waals surface area contributed by atoms with E-state index in [-0.39, 0.29) is 22.3 Å². The third-order valence-electron chi connectivity index (χ3n) is 5.66. The second kappa shape index (κ2) is 10.3. The lowest BCUT2D eigenvalue weighted by molar-refractivity contribution is 0.0682. The van der Waals surface area contributed by atoms with Gasteiger partial charge in [-0.3, -0.25) is 0 Å². The Labute approximate surface area is 214 Å². The van der Waals surface area contributed by atoms with E-state index in [2.05, 4.69) is 9.98 Å². The molecule has 0 unspecified atom stereocenters. The molecule has 10 nitrogen and oxygen atoms in total. The summed E-state index contributed by atoms with van der Waals surface area (Å²) in [7, 11) is 0. The molecule has 4 aromatic carbocycles. The summed E-state index contributed by atoms with van der Waals surface area (Å²) in [6.45, 7) is 0. The first-order valence-electron chi connectivity index (χ1n) is 10.9. The van der Waals surface area contributed by atoms with E-state index in [9.17, 15) is 40.5 Å².